The maximum absolute atomic E-state index is 12.8. The van der Waals surface area contributed by atoms with Gasteiger partial charge in [0.1, 0.15) is 4.90 Å². The molecule has 0 spiro atoms. The lowest BCUT2D eigenvalue weighted by Crippen LogP contribution is -2.39. The number of benzene rings is 1. The highest BCUT2D eigenvalue weighted by Gasteiger charge is 2.30. The van der Waals surface area contributed by atoms with Gasteiger partial charge in [-0.25, -0.2) is 8.42 Å². The fraction of sp³-hybridized carbons (Fsp3) is 0.600. The minimum Gasteiger partial charge on any atom is -0.398 e. The van der Waals surface area contributed by atoms with Gasteiger partial charge in [-0.3, -0.25) is 0 Å². The van der Waals surface area contributed by atoms with Crippen LogP contribution >= 0.6 is 0 Å². The molecule has 1 fully saturated rings. The zero-order valence-corrected chi connectivity index (χ0v) is 14.1. The van der Waals surface area contributed by atoms with Crippen LogP contribution in [0.25, 0.3) is 0 Å². The summed E-state index contributed by atoms with van der Waals surface area (Å²) in [6, 6.07) is 3.82. The standard InChI is InChI=1S/C15H25N3O2S/c1-11-7-8-14(16)15(12(11)2)21(19,20)18(4)10-13-6-5-9-17(13)3/h7-8,13H,5-6,9-10,16H2,1-4H3. The van der Waals surface area contributed by atoms with Gasteiger partial charge in [-0.1, -0.05) is 6.07 Å². The highest BCUT2D eigenvalue weighted by molar-refractivity contribution is 7.89. The van der Waals surface area contributed by atoms with Gasteiger partial charge in [0, 0.05) is 19.6 Å². The first kappa shape index (κ1) is 16.3. The molecule has 1 unspecified atom stereocenters. The van der Waals surface area contributed by atoms with E-state index in [1.54, 1.807) is 13.1 Å². The third-order valence-electron chi connectivity index (χ3n) is 4.51. The van der Waals surface area contributed by atoms with Gasteiger partial charge < -0.3 is 10.6 Å². The van der Waals surface area contributed by atoms with Crippen LogP contribution in [0.5, 0.6) is 0 Å². The molecule has 0 saturated carbocycles. The van der Waals surface area contributed by atoms with Crippen molar-refractivity contribution >= 4 is 15.7 Å². The van der Waals surface area contributed by atoms with Gasteiger partial charge in [0.05, 0.1) is 5.69 Å². The van der Waals surface area contributed by atoms with Crippen molar-refractivity contribution in [1.82, 2.24) is 9.21 Å². The lowest BCUT2D eigenvalue weighted by molar-refractivity contribution is 0.271. The van der Waals surface area contributed by atoms with Crippen LogP contribution < -0.4 is 5.73 Å². The van der Waals surface area contributed by atoms with Crippen LogP contribution in [0.15, 0.2) is 17.0 Å². The van der Waals surface area contributed by atoms with Crippen molar-refractivity contribution in [2.75, 3.05) is 32.9 Å². The second-order valence-corrected chi connectivity index (χ2v) is 7.97. The Labute approximate surface area is 127 Å². The van der Waals surface area contributed by atoms with Gasteiger partial charge in [-0.15, -0.1) is 0 Å². The van der Waals surface area contributed by atoms with Gasteiger partial charge in [0.25, 0.3) is 0 Å². The predicted molar refractivity (Wildman–Crippen MR) is 85.8 cm³/mol. The molecule has 1 saturated heterocycles. The van der Waals surface area contributed by atoms with Crippen LogP contribution in [0.1, 0.15) is 24.0 Å². The monoisotopic (exact) mass is 311 g/mol. The van der Waals surface area contributed by atoms with Crippen LogP contribution in [0.2, 0.25) is 0 Å². The lowest BCUT2D eigenvalue weighted by Gasteiger charge is -2.26. The zero-order valence-electron chi connectivity index (χ0n) is 13.3. The largest absolute Gasteiger partial charge is 0.398 e. The SMILES string of the molecule is Cc1ccc(N)c(S(=O)(=O)N(C)CC2CCCN2C)c1C. The molecule has 0 radical (unpaired) electrons. The van der Waals surface area contributed by atoms with Gasteiger partial charge >= 0.3 is 0 Å². The topological polar surface area (TPSA) is 66.6 Å². The first-order chi connectivity index (χ1) is 9.75. The maximum atomic E-state index is 12.8. The second kappa shape index (κ2) is 5.94. The van der Waals surface area contributed by atoms with E-state index >= 15 is 0 Å². The molecule has 0 bridgehead atoms. The zero-order chi connectivity index (χ0) is 15.8. The molecule has 1 aliphatic rings. The van der Waals surface area contributed by atoms with Gasteiger partial charge in [-0.2, -0.15) is 4.31 Å². The predicted octanol–water partition coefficient (Wildman–Crippen LogP) is 1.60. The number of hydrogen-bond acceptors (Lipinski definition) is 4. The molecule has 0 aliphatic carbocycles. The molecule has 1 aromatic carbocycles. The summed E-state index contributed by atoms with van der Waals surface area (Å²) in [4.78, 5) is 2.48. The van der Waals surface area contributed by atoms with Gasteiger partial charge in [0.15, 0.2) is 0 Å². The van der Waals surface area contributed by atoms with E-state index in [1.807, 2.05) is 27.0 Å². The number of nitrogens with zero attached hydrogens (tertiary/aromatic N) is 2. The molecule has 21 heavy (non-hydrogen) atoms. The Balaban J connectivity index is 2.31. The van der Waals surface area contributed by atoms with Crippen molar-refractivity contribution in [1.29, 1.82) is 0 Å². The number of anilines is 1. The van der Waals surface area contributed by atoms with Crippen molar-refractivity contribution < 1.29 is 8.42 Å². The number of nitrogen functional groups attached to an aromatic ring is 1. The van der Waals surface area contributed by atoms with E-state index in [0.717, 1.165) is 30.5 Å². The minimum absolute atomic E-state index is 0.255. The molecule has 118 valence electrons. The molecule has 0 aromatic heterocycles. The van der Waals surface area contributed by atoms with Gasteiger partial charge in [-0.05, 0) is 57.5 Å². The van der Waals surface area contributed by atoms with Crippen LogP contribution in [0, 0.1) is 13.8 Å². The summed E-state index contributed by atoms with van der Waals surface area (Å²) in [5.41, 5.74) is 7.93. The number of likely N-dealkylation sites (tertiary alicyclic amines) is 1. The molecular formula is C15H25N3O2S. The average Bonchev–Trinajstić information content (AvgIpc) is 2.80. The van der Waals surface area contributed by atoms with Crippen molar-refractivity contribution in [2.24, 2.45) is 0 Å². The van der Waals surface area contributed by atoms with Crippen LogP contribution in [0.4, 0.5) is 5.69 Å². The lowest BCUT2D eigenvalue weighted by atomic mass is 10.1. The second-order valence-electron chi connectivity index (χ2n) is 5.99. The summed E-state index contributed by atoms with van der Waals surface area (Å²) in [6.45, 7) is 5.25. The molecule has 1 aromatic rings. The fourth-order valence-corrected chi connectivity index (χ4v) is 4.51. The number of likely N-dealkylation sites (N-methyl/N-ethyl adjacent to an activating group) is 2. The Morgan fingerprint density at radius 1 is 1.38 bits per heavy atom. The van der Waals surface area contributed by atoms with Crippen molar-refractivity contribution in [2.45, 2.75) is 37.6 Å². The Morgan fingerprint density at radius 2 is 2.05 bits per heavy atom. The molecule has 6 heteroatoms. The van der Waals surface area contributed by atoms with Gasteiger partial charge in [0.2, 0.25) is 10.0 Å². The Hall–Kier alpha value is -1.11. The van der Waals surface area contributed by atoms with E-state index < -0.39 is 10.0 Å². The molecular weight excluding hydrogens is 286 g/mol. The third-order valence-corrected chi connectivity index (χ3v) is 6.54. The summed E-state index contributed by atoms with van der Waals surface area (Å²) < 4.78 is 27.1. The van der Waals surface area contributed by atoms with E-state index in [4.69, 9.17) is 5.73 Å². The smallest absolute Gasteiger partial charge is 0.245 e. The summed E-state index contributed by atoms with van der Waals surface area (Å²) in [5, 5.41) is 0. The Morgan fingerprint density at radius 3 is 2.62 bits per heavy atom. The number of nitrogens with two attached hydrogens (primary N) is 1. The van der Waals surface area contributed by atoms with Crippen LogP contribution in [0.3, 0.4) is 0 Å². The Bertz CT molecular complexity index is 628. The molecule has 1 atom stereocenters. The molecule has 1 aliphatic heterocycles. The first-order valence-corrected chi connectivity index (χ1v) is 8.71. The highest BCUT2D eigenvalue weighted by atomic mass is 32.2. The molecule has 0 amide bonds. The van der Waals surface area contributed by atoms with E-state index in [1.165, 1.54) is 4.31 Å². The summed E-state index contributed by atoms with van der Waals surface area (Å²) in [6.07, 6.45) is 2.17. The minimum atomic E-state index is -3.55. The van der Waals surface area contributed by atoms with Crippen LogP contribution in [-0.2, 0) is 10.0 Å². The summed E-state index contributed by atoms with van der Waals surface area (Å²) in [5.74, 6) is 0. The molecule has 2 rings (SSSR count). The third kappa shape index (κ3) is 3.07. The number of rotatable bonds is 4. The van der Waals surface area contributed by atoms with Crippen LogP contribution in [-0.4, -0.2) is 50.8 Å². The normalized spacial score (nSPS) is 20.3. The molecule has 5 nitrogen and oxygen atoms in total. The Kier molecular flexibility index (Phi) is 4.60. The van der Waals surface area contributed by atoms with E-state index in [-0.39, 0.29) is 10.9 Å². The fourth-order valence-electron chi connectivity index (χ4n) is 2.91. The highest BCUT2D eigenvalue weighted by Crippen LogP contribution is 2.28. The van der Waals surface area contributed by atoms with Crippen molar-refractivity contribution in [3.05, 3.63) is 23.3 Å². The van der Waals surface area contributed by atoms with E-state index in [2.05, 4.69) is 4.90 Å². The average molecular weight is 311 g/mol. The molecule has 1 heterocycles. The number of aryl methyl sites for hydroxylation is 1. The number of hydrogen-bond donors (Lipinski definition) is 1. The number of sulfonamides is 1. The van der Waals surface area contributed by atoms with Crippen molar-refractivity contribution in [3.8, 4) is 0 Å². The summed E-state index contributed by atoms with van der Waals surface area (Å²) >= 11 is 0. The quantitative estimate of drug-likeness (QED) is 0.858. The molecule has 2 N–H and O–H groups in total. The maximum Gasteiger partial charge on any atom is 0.245 e. The summed E-state index contributed by atoms with van der Waals surface area (Å²) in [7, 11) is 0.136. The van der Waals surface area contributed by atoms with E-state index in [0.29, 0.717) is 12.2 Å². The van der Waals surface area contributed by atoms with E-state index in [9.17, 15) is 8.42 Å². The first-order valence-electron chi connectivity index (χ1n) is 7.27. The van der Waals surface area contributed by atoms with Crippen molar-refractivity contribution in [3.63, 3.8) is 0 Å².